The molecule has 3 atom stereocenters. The highest BCUT2D eigenvalue weighted by molar-refractivity contribution is 4.91. The monoisotopic (exact) mass is 254 g/mol. The van der Waals surface area contributed by atoms with Crippen molar-refractivity contribution in [2.75, 3.05) is 33.2 Å². The average molecular weight is 254 g/mol. The summed E-state index contributed by atoms with van der Waals surface area (Å²) in [4.78, 5) is 4.91. The molecule has 0 aromatic rings. The highest BCUT2D eigenvalue weighted by Crippen LogP contribution is 2.39. The zero-order valence-electron chi connectivity index (χ0n) is 12.5. The molecule has 106 valence electrons. The third-order valence-corrected chi connectivity index (χ3v) is 5.01. The van der Waals surface area contributed by atoms with E-state index in [1.54, 1.807) is 0 Å². The first kappa shape index (κ1) is 14.3. The lowest BCUT2D eigenvalue weighted by molar-refractivity contribution is -0.0306. The summed E-state index contributed by atoms with van der Waals surface area (Å²) in [6.45, 7) is 11.6. The molecule has 0 radical (unpaired) electrons. The summed E-state index contributed by atoms with van der Waals surface area (Å²) < 4.78 is 0. The number of hydrogen-bond acceptors (Lipinski definition) is 3. The fourth-order valence-corrected chi connectivity index (χ4v) is 3.46. The van der Waals surface area contributed by atoms with Crippen molar-refractivity contribution in [3.05, 3.63) is 0 Å². The molecule has 0 bridgehead atoms. The van der Waals surface area contributed by atoms with Gasteiger partial charge in [0.25, 0.3) is 0 Å². The predicted octanol–water partition coefficient (Wildman–Crippen LogP) is 1.81. The highest BCUT2D eigenvalue weighted by Gasteiger charge is 2.38. The van der Waals surface area contributed by atoms with E-state index in [0.29, 0.717) is 11.5 Å². The summed E-state index contributed by atoms with van der Waals surface area (Å²) in [7, 11) is 2.19. The van der Waals surface area contributed by atoms with E-state index in [-0.39, 0.29) is 6.10 Å². The van der Waals surface area contributed by atoms with E-state index in [2.05, 4.69) is 37.6 Å². The summed E-state index contributed by atoms with van der Waals surface area (Å²) in [6.07, 6.45) is 3.24. The Morgan fingerprint density at radius 1 is 1.00 bits per heavy atom. The van der Waals surface area contributed by atoms with E-state index < -0.39 is 0 Å². The van der Waals surface area contributed by atoms with E-state index in [4.69, 9.17) is 0 Å². The van der Waals surface area contributed by atoms with E-state index >= 15 is 0 Å². The normalized spacial score (nSPS) is 36.8. The number of aliphatic hydroxyl groups excluding tert-OH is 1. The maximum absolute atomic E-state index is 10.3. The molecule has 1 saturated heterocycles. The molecule has 1 aliphatic carbocycles. The van der Waals surface area contributed by atoms with Gasteiger partial charge in [-0.2, -0.15) is 0 Å². The van der Waals surface area contributed by atoms with Gasteiger partial charge in [0, 0.05) is 32.2 Å². The number of nitrogens with zero attached hydrogens (tertiary/aromatic N) is 2. The standard InChI is InChI=1S/C15H30N2O/c1-15(2,3)12-5-6-14(18)13(11-12)17-9-7-16(4)8-10-17/h12-14,18H,5-11H2,1-4H3. The van der Waals surface area contributed by atoms with Gasteiger partial charge in [-0.1, -0.05) is 20.8 Å². The third kappa shape index (κ3) is 3.25. The van der Waals surface area contributed by atoms with Crippen LogP contribution in [0.1, 0.15) is 40.0 Å². The van der Waals surface area contributed by atoms with E-state index in [9.17, 15) is 5.11 Å². The van der Waals surface area contributed by atoms with Crippen LogP contribution < -0.4 is 0 Å². The Kier molecular flexibility index (Phi) is 4.35. The van der Waals surface area contributed by atoms with Crippen LogP contribution in [-0.4, -0.2) is 60.3 Å². The Morgan fingerprint density at radius 2 is 1.61 bits per heavy atom. The molecule has 3 heteroatoms. The number of aliphatic hydroxyl groups is 1. The predicted molar refractivity (Wildman–Crippen MR) is 75.7 cm³/mol. The average Bonchev–Trinajstić information content (AvgIpc) is 2.29. The van der Waals surface area contributed by atoms with Crippen LogP contribution >= 0.6 is 0 Å². The minimum Gasteiger partial charge on any atom is -0.391 e. The second-order valence-corrected chi connectivity index (χ2v) is 7.35. The molecule has 3 nitrogen and oxygen atoms in total. The maximum Gasteiger partial charge on any atom is 0.0695 e. The van der Waals surface area contributed by atoms with Gasteiger partial charge in [-0.3, -0.25) is 4.90 Å². The Morgan fingerprint density at radius 3 is 2.17 bits per heavy atom. The summed E-state index contributed by atoms with van der Waals surface area (Å²) >= 11 is 0. The molecule has 2 fully saturated rings. The van der Waals surface area contributed by atoms with Crippen LogP contribution in [0.3, 0.4) is 0 Å². The van der Waals surface area contributed by atoms with Crippen LogP contribution in [-0.2, 0) is 0 Å². The van der Waals surface area contributed by atoms with E-state index in [1.165, 1.54) is 12.8 Å². The Labute approximate surface area is 112 Å². The van der Waals surface area contributed by atoms with Crippen LogP contribution in [0.5, 0.6) is 0 Å². The highest BCUT2D eigenvalue weighted by atomic mass is 16.3. The van der Waals surface area contributed by atoms with Crippen molar-refractivity contribution in [3.8, 4) is 0 Å². The van der Waals surface area contributed by atoms with Crippen molar-refractivity contribution < 1.29 is 5.11 Å². The second-order valence-electron chi connectivity index (χ2n) is 7.35. The molecule has 1 N–H and O–H groups in total. The van der Waals surface area contributed by atoms with Crippen molar-refractivity contribution in [2.24, 2.45) is 11.3 Å². The maximum atomic E-state index is 10.3. The fraction of sp³-hybridized carbons (Fsp3) is 1.00. The first-order valence-electron chi connectivity index (χ1n) is 7.48. The first-order chi connectivity index (χ1) is 8.38. The van der Waals surface area contributed by atoms with Crippen LogP contribution in [0.4, 0.5) is 0 Å². The van der Waals surface area contributed by atoms with Gasteiger partial charge in [-0.15, -0.1) is 0 Å². The molecule has 1 saturated carbocycles. The van der Waals surface area contributed by atoms with Gasteiger partial charge in [0.1, 0.15) is 0 Å². The van der Waals surface area contributed by atoms with Crippen molar-refractivity contribution in [3.63, 3.8) is 0 Å². The second kappa shape index (κ2) is 5.48. The lowest BCUT2D eigenvalue weighted by Gasteiger charge is -2.46. The minimum atomic E-state index is -0.105. The van der Waals surface area contributed by atoms with Gasteiger partial charge < -0.3 is 10.0 Å². The molecule has 0 aromatic carbocycles. The van der Waals surface area contributed by atoms with Crippen LogP contribution in [0.2, 0.25) is 0 Å². The molecule has 2 rings (SSSR count). The van der Waals surface area contributed by atoms with Crippen LogP contribution in [0.15, 0.2) is 0 Å². The largest absolute Gasteiger partial charge is 0.391 e. The molecule has 0 amide bonds. The minimum absolute atomic E-state index is 0.105. The molecular formula is C15H30N2O. The van der Waals surface area contributed by atoms with Crippen molar-refractivity contribution in [1.29, 1.82) is 0 Å². The molecule has 0 spiro atoms. The molecule has 0 aromatic heterocycles. The number of likely N-dealkylation sites (N-methyl/N-ethyl adjacent to an activating group) is 1. The van der Waals surface area contributed by atoms with Crippen LogP contribution in [0.25, 0.3) is 0 Å². The quantitative estimate of drug-likeness (QED) is 0.773. The topological polar surface area (TPSA) is 26.7 Å². The number of hydrogen-bond donors (Lipinski definition) is 1. The van der Waals surface area contributed by atoms with E-state index in [0.717, 1.165) is 38.5 Å². The van der Waals surface area contributed by atoms with Crippen LogP contribution in [0, 0.1) is 11.3 Å². The molecule has 3 unspecified atom stereocenters. The van der Waals surface area contributed by atoms with E-state index in [1.807, 2.05) is 0 Å². The van der Waals surface area contributed by atoms with Gasteiger partial charge in [-0.25, -0.2) is 0 Å². The lowest BCUT2D eigenvalue weighted by atomic mass is 9.70. The first-order valence-corrected chi connectivity index (χ1v) is 7.48. The zero-order chi connectivity index (χ0) is 13.3. The zero-order valence-corrected chi connectivity index (χ0v) is 12.5. The summed E-state index contributed by atoms with van der Waals surface area (Å²) in [5.74, 6) is 0.755. The summed E-state index contributed by atoms with van der Waals surface area (Å²) in [5.41, 5.74) is 0.380. The number of piperazine rings is 1. The molecular weight excluding hydrogens is 224 g/mol. The molecule has 2 aliphatic rings. The fourth-order valence-electron chi connectivity index (χ4n) is 3.46. The van der Waals surface area contributed by atoms with Crippen molar-refractivity contribution in [2.45, 2.75) is 52.2 Å². The molecule has 1 aliphatic heterocycles. The van der Waals surface area contributed by atoms with Gasteiger partial charge in [-0.05, 0) is 37.6 Å². The smallest absolute Gasteiger partial charge is 0.0695 e. The van der Waals surface area contributed by atoms with Gasteiger partial charge in [0.05, 0.1) is 6.10 Å². The summed E-state index contributed by atoms with van der Waals surface area (Å²) in [6, 6.07) is 0.400. The van der Waals surface area contributed by atoms with Gasteiger partial charge in [0.15, 0.2) is 0 Å². The molecule has 1 heterocycles. The van der Waals surface area contributed by atoms with Gasteiger partial charge in [0.2, 0.25) is 0 Å². The SMILES string of the molecule is CN1CCN(C2CC(C(C)(C)C)CCC2O)CC1. The number of rotatable bonds is 1. The van der Waals surface area contributed by atoms with Crippen molar-refractivity contribution >= 4 is 0 Å². The Bertz CT molecular complexity index is 266. The van der Waals surface area contributed by atoms with Crippen molar-refractivity contribution in [1.82, 2.24) is 9.80 Å². The Hall–Kier alpha value is -0.120. The van der Waals surface area contributed by atoms with Gasteiger partial charge >= 0.3 is 0 Å². The third-order valence-electron chi connectivity index (χ3n) is 5.01. The molecule has 18 heavy (non-hydrogen) atoms. The summed E-state index contributed by atoms with van der Waals surface area (Å²) in [5, 5.41) is 10.3. The lowest BCUT2D eigenvalue weighted by Crippen LogP contribution is -2.55. The Balaban J connectivity index is 1.97.